The average molecular weight is 348 g/mol. The first-order valence-electron chi connectivity index (χ1n) is 7.51. The van der Waals surface area contributed by atoms with E-state index in [4.69, 9.17) is 0 Å². The van der Waals surface area contributed by atoms with Crippen molar-refractivity contribution in [2.75, 3.05) is 4.31 Å². The molecule has 0 heterocycles. The minimum absolute atomic E-state index is 0.0354. The van der Waals surface area contributed by atoms with Gasteiger partial charge in [0, 0.05) is 18.2 Å². The minimum atomic E-state index is -3.93. The van der Waals surface area contributed by atoms with Gasteiger partial charge in [-0.05, 0) is 51.0 Å². The number of sulfonamides is 1. The molecule has 0 amide bonds. The highest BCUT2D eigenvalue weighted by molar-refractivity contribution is 7.93. The molecule has 0 unspecified atom stereocenters. The smallest absolute Gasteiger partial charge is 0.264 e. The quantitative estimate of drug-likeness (QED) is 0.608. The van der Waals surface area contributed by atoms with Crippen molar-refractivity contribution in [2.45, 2.75) is 38.6 Å². The average Bonchev–Trinajstić information content (AvgIpc) is 2.49. The van der Waals surface area contributed by atoms with Crippen LogP contribution in [0.2, 0.25) is 0 Å². The van der Waals surface area contributed by atoms with E-state index in [1.54, 1.807) is 58.0 Å². The maximum Gasteiger partial charge on any atom is 0.271 e. The second kappa shape index (κ2) is 6.60. The number of benzene rings is 2. The molecule has 24 heavy (non-hydrogen) atoms. The van der Waals surface area contributed by atoms with Gasteiger partial charge in [0.05, 0.1) is 15.5 Å². The van der Waals surface area contributed by atoms with E-state index < -0.39 is 14.9 Å². The second-order valence-electron chi connectivity index (χ2n) is 5.87. The molecule has 0 N–H and O–H groups in total. The topological polar surface area (TPSA) is 80.5 Å². The normalized spacial score (nSPS) is 11.5. The van der Waals surface area contributed by atoms with Crippen molar-refractivity contribution < 1.29 is 13.3 Å². The van der Waals surface area contributed by atoms with Gasteiger partial charge in [0.15, 0.2) is 0 Å². The Morgan fingerprint density at radius 2 is 1.67 bits per heavy atom. The summed E-state index contributed by atoms with van der Waals surface area (Å²) in [6.45, 7) is 6.87. The number of non-ortho nitro benzene ring substituents is 1. The van der Waals surface area contributed by atoms with Crippen molar-refractivity contribution in [2.24, 2.45) is 0 Å². The van der Waals surface area contributed by atoms with Crippen LogP contribution in [0.4, 0.5) is 11.4 Å². The van der Waals surface area contributed by atoms with Crippen molar-refractivity contribution in [3.05, 3.63) is 63.7 Å². The van der Waals surface area contributed by atoms with E-state index in [9.17, 15) is 18.5 Å². The summed E-state index contributed by atoms with van der Waals surface area (Å²) in [6, 6.07) is 10.9. The van der Waals surface area contributed by atoms with Crippen LogP contribution in [0.1, 0.15) is 25.0 Å². The first-order chi connectivity index (χ1) is 11.2. The lowest BCUT2D eigenvalue weighted by Crippen LogP contribution is -2.37. The van der Waals surface area contributed by atoms with Crippen molar-refractivity contribution in [3.63, 3.8) is 0 Å². The van der Waals surface area contributed by atoms with Crippen LogP contribution in [0, 0.1) is 24.0 Å². The van der Waals surface area contributed by atoms with Crippen LogP contribution in [0.25, 0.3) is 0 Å². The summed E-state index contributed by atoms with van der Waals surface area (Å²) in [5.41, 5.74) is 1.38. The first-order valence-corrected chi connectivity index (χ1v) is 8.95. The van der Waals surface area contributed by atoms with E-state index >= 15 is 0 Å². The van der Waals surface area contributed by atoms with Crippen LogP contribution in [0.3, 0.4) is 0 Å². The van der Waals surface area contributed by atoms with Crippen molar-refractivity contribution >= 4 is 21.4 Å². The molecule has 0 radical (unpaired) electrons. The van der Waals surface area contributed by atoms with Gasteiger partial charge in [0.25, 0.3) is 15.7 Å². The van der Waals surface area contributed by atoms with Gasteiger partial charge in [-0.3, -0.25) is 14.4 Å². The number of nitro groups is 1. The number of nitrogens with zero attached hydrogens (tertiary/aromatic N) is 2. The maximum absolute atomic E-state index is 13.2. The predicted octanol–water partition coefficient (Wildman–Crippen LogP) is 3.82. The number of nitro benzene ring substituents is 1. The third kappa shape index (κ3) is 3.26. The van der Waals surface area contributed by atoms with Gasteiger partial charge in [-0.15, -0.1) is 0 Å². The molecule has 0 fully saturated rings. The molecular formula is C17H20N2O4S. The fourth-order valence-corrected chi connectivity index (χ4v) is 4.56. The van der Waals surface area contributed by atoms with Gasteiger partial charge >= 0.3 is 0 Å². The van der Waals surface area contributed by atoms with Crippen molar-refractivity contribution in [3.8, 4) is 0 Å². The van der Waals surface area contributed by atoms with E-state index in [2.05, 4.69) is 0 Å². The Hall–Kier alpha value is -2.41. The molecule has 0 aliphatic heterocycles. The molecule has 0 atom stereocenters. The largest absolute Gasteiger partial charge is 0.271 e. The number of anilines is 1. The van der Waals surface area contributed by atoms with Gasteiger partial charge in [-0.1, -0.05) is 18.2 Å². The molecule has 0 spiro atoms. The minimum Gasteiger partial charge on any atom is -0.264 e. The zero-order chi connectivity index (χ0) is 18.1. The van der Waals surface area contributed by atoms with Gasteiger partial charge in [-0.25, -0.2) is 8.42 Å². The third-order valence-electron chi connectivity index (χ3n) is 3.83. The standard InChI is InChI=1S/C17H20N2O4S/c1-12(2)18(15-8-6-5-7-9-15)24(22,23)17-11-16(19(20)21)10-13(3)14(17)4/h5-12H,1-4H3. The Balaban J connectivity index is 2.71. The van der Waals surface area contributed by atoms with E-state index in [0.29, 0.717) is 16.8 Å². The molecule has 0 bridgehead atoms. The summed E-state index contributed by atoms with van der Waals surface area (Å²) in [4.78, 5) is 10.5. The number of hydrogen-bond acceptors (Lipinski definition) is 4. The highest BCUT2D eigenvalue weighted by Crippen LogP contribution is 2.31. The van der Waals surface area contributed by atoms with Gasteiger partial charge < -0.3 is 0 Å². The lowest BCUT2D eigenvalue weighted by molar-refractivity contribution is -0.385. The number of aryl methyl sites for hydroxylation is 1. The second-order valence-corrected chi connectivity index (χ2v) is 7.66. The monoisotopic (exact) mass is 348 g/mol. The fourth-order valence-electron chi connectivity index (χ4n) is 2.58. The van der Waals surface area contributed by atoms with E-state index in [-0.39, 0.29) is 16.6 Å². The summed E-state index contributed by atoms with van der Waals surface area (Å²) >= 11 is 0. The molecule has 7 heteroatoms. The first kappa shape index (κ1) is 17.9. The maximum atomic E-state index is 13.2. The molecule has 2 aromatic rings. The van der Waals surface area contributed by atoms with Crippen LogP contribution < -0.4 is 4.31 Å². The SMILES string of the molecule is Cc1cc([N+](=O)[O-])cc(S(=O)(=O)N(c2ccccc2)C(C)C)c1C. The van der Waals surface area contributed by atoms with E-state index in [1.807, 2.05) is 0 Å². The lowest BCUT2D eigenvalue weighted by Gasteiger charge is -2.29. The van der Waals surface area contributed by atoms with E-state index in [0.717, 1.165) is 6.07 Å². The van der Waals surface area contributed by atoms with Crippen LogP contribution in [-0.4, -0.2) is 19.4 Å². The number of para-hydroxylation sites is 1. The summed E-state index contributed by atoms with van der Waals surface area (Å²) in [6.07, 6.45) is 0. The Kier molecular flexibility index (Phi) is 4.94. The predicted molar refractivity (Wildman–Crippen MR) is 93.8 cm³/mol. The van der Waals surface area contributed by atoms with Crippen LogP contribution in [0.5, 0.6) is 0 Å². The van der Waals surface area contributed by atoms with Crippen molar-refractivity contribution in [1.82, 2.24) is 0 Å². The molecule has 2 rings (SSSR count). The summed E-state index contributed by atoms with van der Waals surface area (Å²) in [5.74, 6) is 0. The fraction of sp³-hybridized carbons (Fsp3) is 0.294. The third-order valence-corrected chi connectivity index (χ3v) is 5.96. The highest BCUT2D eigenvalue weighted by Gasteiger charge is 2.31. The van der Waals surface area contributed by atoms with E-state index in [1.165, 1.54) is 10.4 Å². The van der Waals surface area contributed by atoms with Gasteiger partial charge in [0.2, 0.25) is 0 Å². The molecule has 0 saturated carbocycles. The molecule has 2 aromatic carbocycles. The number of rotatable bonds is 5. The van der Waals surface area contributed by atoms with Crippen molar-refractivity contribution in [1.29, 1.82) is 0 Å². The van der Waals surface area contributed by atoms with Gasteiger partial charge in [0.1, 0.15) is 0 Å². The van der Waals surface area contributed by atoms with Crippen LogP contribution in [0.15, 0.2) is 47.4 Å². The summed E-state index contributed by atoms with van der Waals surface area (Å²) < 4.78 is 27.7. The Labute approximate surface area is 141 Å². The highest BCUT2D eigenvalue weighted by atomic mass is 32.2. The molecule has 0 aliphatic rings. The Morgan fingerprint density at radius 3 is 2.17 bits per heavy atom. The summed E-state index contributed by atoms with van der Waals surface area (Å²) in [7, 11) is -3.93. The molecule has 0 aromatic heterocycles. The lowest BCUT2D eigenvalue weighted by atomic mass is 10.1. The number of hydrogen-bond donors (Lipinski definition) is 0. The zero-order valence-corrected chi connectivity index (χ0v) is 14.9. The zero-order valence-electron chi connectivity index (χ0n) is 14.1. The molecule has 6 nitrogen and oxygen atoms in total. The molecule has 0 aliphatic carbocycles. The molecule has 128 valence electrons. The Bertz CT molecular complexity index is 862. The molecule has 0 saturated heterocycles. The Morgan fingerprint density at radius 1 is 1.08 bits per heavy atom. The van der Waals surface area contributed by atoms with Gasteiger partial charge in [-0.2, -0.15) is 0 Å². The van der Waals surface area contributed by atoms with Crippen LogP contribution >= 0.6 is 0 Å². The van der Waals surface area contributed by atoms with Crippen LogP contribution in [-0.2, 0) is 10.0 Å². The molecular weight excluding hydrogens is 328 g/mol. The summed E-state index contributed by atoms with van der Waals surface area (Å²) in [5, 5.41) is 11.1.